The first kappa shape index (κ1) is 13.2. The fourth-order valence-electron chi connectivity index (χ4n) is 1.65. The van der Waals surface area contributed by atoms with Crippen molar-refractivity contribution >= 4 is 22.6 Å². The Bertz CT molecular complexity index is 660. The van der Waals surface area contributed by atoms with E-state index in [4.69, 9.17) is 0 Å². The standard InChI is InChI=1S/C15H12O3S/c16-15(13-4-2-1-3-5-13)14-8-6-12(7-9-14)10-11-19(17)18/h1-11,19H/b11-10+. The number of carbonyl (C=O) groups excluding carboxylic acids is 1. The normalized spacial score (nSPS) is 11.0. The fraction of sp³-hybridized carbons (Fsp3) is 0. The van der Waals surface area contributed by atoms with E-state index in [1.807, 2.05) is 18.2 Å². The predicted molar refractivity (Wildman–Crippen MR) is 75.7 cm³/mol. The van der Waals surface area contributed by atoms with Crippen LogP contribution in [-0.2, 0) is 10.7 Å². The molecule has 4 heteroatoms. The van der Waals surface area contributed by atoms with Gasteiger partial charge in [0, 0.05) is 16.5 Å². The molecule has 0 spiro atoms. The molecule has 0 amide bonds. The zero-order chi connectivity index (χ0) is 13.7. The van der Waals surface area contributed by atoms with Crippen LogP contribution in [0.5, 0.6) is 0 Å². The number of rotatable bonds is 4. The molecule has 19 heavy (non-hydrogen) atoms. The van der Waals surface area contributed by atoms with Gasteiger partial charge in [-0.1, -0.05) is 54.6 Å². The second kappa shape index (κ2) is 6.11. The van der Waals surface area contributed by atoms with E-state index in [-0.39, 0.29) is 5.78 Å². The van der Waals surface area contributed by atoms with Crippen molar-refractivity contribution in [3.8, 4) is 0 Å². The van der Waals surface area contributed by atoms with Crippen LogP contribution in [0.25, 0.3) is 6.08 Å². The first-order valence-corrected chi connectivity index (χ1v) is 6.93. The van der Waals surface area contributed by atoms with Gasteiger partial charge in [0.05, 0.1) is 0 Å². The van der Waals surface area contributed by atoms with E-state index >= 15 is 0 Å². The Kier molecular flexibility index (Phi) is 4.26. The highest BCUT2D eigenvalue weighted by molar-refractivity contribution is 7.75. The maximum atomic E-state index is 12.1. The number of thiol groups is 1. The van der Waals surface area contributed by atoms with Gasteiger partial charge in [-0.3, -0.25) is 4.79 Å². The Morgan fingerprint density at radius 2 is 1.42 bits per heavy atom. The minimum atomic E-state index is -2.53. The summed E-state index contributed by atoms with van der Waals surface area (Å²) in [7, 11) is -2.53. The molecular weight excluding hydrogens is 260 g/mol. The van der Waals surface area contributed by atoms with Crippen molar-refractivity contribution in [2.45, 2.75) is 0 Å². The van der Waals surface area contributed by atoms with E-state index in [1.54, 1.807) is 36.4 Å². The van der Waals surface area contributed by atoms with E-state index < -0.39 is 10.7 Å². The quantitative estimate of drug-likeness (QED) is 0.687. The minimum absolute atomic E-state index is 0.0500. The Labute approximate surface area is 113 Å². The third-order valence-corrected chi connectivity index (χ3v) is 2.99. The molecule has 96 valence electrons. The number of hydrogen-bond acceptors (Lipinski definition) is 3. The highest BCUT2D eigenvalue weighted by Gasteiger charge is 2.07. The van der Waals surface area contributed by atoms with Crippen LogP contribution in [0, 0.1) is 0 Å². The molecule has 0 aliphatic heterocycles. The van der Waals surface area contributed by atoms with Gasteiger partial charge in [0.25, 0.3) is 0 Å². The van der Waals surface area contributed by atoms with Gasteiger partial charge in [0.1, 0.15) is 0 Å². The third-order valence-electron chi connectivity index (χ3n) is 2.60. The molecule has 0 aliphatic carbocycles. The Morgan fingerprint density at radius 1 is 0.842 bits per heavy atom. The van der Waals surface area contributed by atoms with Crippen molar-refractivity contribution in [2.24, 2.45) is 0 Å². The number of hydrogen-bond donors (Lipinski definition) is 1. The van der Waals surface area contributed by atoms with Crippen molar-refractivity contribution in [3.05, 3.63) is 76.7 Å². The van der Waals surface area contributed by atoms with Crippen LogP contribution in [0.15, 0.2) is 60.0 Å². The predicted octanol–water partition coefficient (Wildman–Crippen LogP) is 2.50. The first-order valence-electron chi connectivity index (χ1n) is 5.68. The number of benzene rings is 2. The van der Waals surface area contributed by atoms with Crippen LogP contribution in [0.1, 0.15) is 21.5 Å². The van der Waals surface area contributed by atoms with E-state index in [0.717, 1.165) is 11.0 Å². The van der Waals surface area contributed by atoms with Gasteiger partial charge in [0.2, 0.25) is 0 Å². The molecule has 0 unspecified atom stereocenters. The lowest BCUT2D eigenvalue weighted by molar-refractivity contribution is 0.103. The molecule has 2 aromatic carbocycles. The minimum Gasteiger partial charge on any atom is -0.289 e. The molecule has 0 atom stereocenters. The summed E-state index contributed by atoms with van der Waals surface area (Å²) in [6.07, 6.45) is 1.49. The van der Waals surface area contributed by atoms with Crippen LogP contribution in [-0.4, -0.2) is 14.2 Å². The second-order valence-electron chi connectivity index (χ2n) is 3.92. The molecule has 0 saturated carbocycles. The summed E-state index contributed by atoms with van der Waals surface area (Å²) >= 11 is 0. The average molecular weight is 272 g/mol. The van der Waals surface area contributed by atoms with Gasteiger partial charge in [0.15, 0.2) is 16.5 Å². The molecule has 0 fully saturated rings. The van der Waals surface area contributed by atoms with Crippen LogP contribution in [0.2, 0.25) is 0 Å². The molecule has 0 saturated heterocycles. The van der Waals surface area contributed by atoms with Gasteiger partial charge in [-0.15, -0.1) is 0 Å². The van der Waals surface area contributed by atoms with Crippen molar-refractivity contribution in [1.82, 2.24) is 0 Å². The summed E-state index contributed by atoms with van der Waals surface area (Å²) in [4.78, 5) is 12.1. The summed E-state index contributed by atoms with van der Waals surface area (Å²) in [6.45, 7) is 0. The molecule has 0 bridgehead atoms. The second-order valence-corrected chi connectivity index (χ2v) is 4.79. The molecule has 0 N–H and O–H groups in total. The molecular formula is C15H12O3S. The highest BCUT2D eigenvalue weighted by atomic mass is 32.2. The lowest BCUT2D eigenvalue weighted by atomic mass is 10.0. The Hall–Kier alpha value is -2.20. The van der Waals surface area contributed by atoms with Crippen LogP contribution in [0.4, 0.5) is 0 Å². The third kappa shape index (κ3) is 3.63. The molecule has 2 rings (SSSR count). The molecule has 0 heterocycles. The zero-order valence-electron chi connectivity index (χ0n) is 10.0. The first-order chi connectivity index (χ1) is 9.16. The largest absolute Gasteiger partial charge is 0.289 e. The molecule has 0 aromatic heterocycles. The summed E-state index contributed by atoms with van der Waals surface area (Å²) in [6, 6.07) is 15.8. The van der Waals surface area contributed by atoms with Crippen LogP contribution in [0.3, 0.4) is 0 Å². The lowest BCUT2D eigenvalue weighted by Gasteiger charge is -2.01. The fourth-order valence-corrected chi connectivity index (χ4v) is 1.94. The van der Waals surface area contributed by atoms with Crippen molar-refractivity contribution < 1.29 is 13.2 Å². The van der Waals surface area contributed by atoms with Crippen LogP contribution >= 0.6 is 0 Å². The van der Waals surface area contributed by atoms with Crippen LogP contribution < -0.4 is 0 Å². The van der Waals surface area contributed by atoms with Gasteiger partial charge in [-0.2, -0.15) is 0 Å². The summed E-state index contributed by atoms with van der Waals surface area (Å²) < 4.78 is 20.9. The van der Waals surface area contributed by atoms with E-state index in [0.29, 0.717) is 11.1 Å². The maximum Gasteiger partial charge on any atom is 0.193 e. The van der Waals surface area contributed by atoms with E-state index in [2.05, 4.69) is 0 Å². The summed E-state index contributed by atoms with van der Waals surface area (Å²) in [5.74, 6) is -0.0500. The lowest BCUT2D eigenvalue weighted by Crippen LogP contribution is -2.00. The average Bonchev–Trinajstić information content (AvgIpc) is 2.46. The van der Waals surface area contributed by atoms with Gasteiger partial charge >= 0.3 is 0 Å². The summed E-state index contributed by atoms with van der Waals surface area (Å²) in [5, 5.41) is 1.10. The zero-order valence-corrected chi connectivity index (χ0v) is 10.9. The maximum absolute atomic E-state index is 12.1. The number of carbonyl (C=O) groups is 1. The molecule has 3 nitrogen and oxygen atoms in total. The molecule has 0 radical (unpaired) electrons. The smallest absolute Gasteiger partial charge is 0.193 e. The topological polar surface area (TPSA) is 51.2 Å². The van der Waals surface area contributed by atoms with E-state index in [9.17, 15) is 13.2 Å². The highest BCUT2D eigenvalue weighted by Crippen LogP contribution is 2.11. The monoisotopic (exact) mass is 272 g/mol. The van der Waals surface area contributed by atoms with Crippen molar-refractivity contribution in [3.63, 3.8) is 0 Å². The Balaban J connectivity index is 2.21. The number of ketones is 1. The summed E-state index contributed by atoms with van der Waals surface area (Å²) in [5.41, 5.74) is 1.95. The Morgan fingerprint density at radius 3 is 2.00 bits per heavy atom. The van der Waals surface area contributed by atoms with Crippen molar-refractivity contribution in [2.75, 3.05) is 0 Å². The van der Waals surface area contributed by atoms with Crippen molar-refractivity contribution in [1.29, 1.82) is 0 Å². The van der Waals surface area contributed by atoms with Gasteiger partial charge < -0.3 is 0 Å². The van der Waals surface area contributed by atoms with Gasteiger partial charge in [-0.25, -0.2) is 8.42 Å². The SMILES string of the molecule is O=C(c1ccccc1)c1ccc(/C=C/[SH](=O)=O)cc1. The molecule has 2 aromatic rings. The van der Waals surface area contributed by atoms with Gasteiger partial charge in [-0.05, 0) is 11.6 Å². The molecule has 0 aliphatic rings. The van der Waals surface area contributed by atoms with E-state index in [1.165, 1.54) is 6.08 Å².